The van der Waals surface area contributed by atoms with Crippen LogP contribution in [0, 0.1) is 0 Å². The number of amides is 2. The van der Waals surface area contributed by atoms with Crippen LogP contribution >= 0.6 is 0 Å². The number of fused-ring (bicyclic) bond motifs is 1. The highest BCUT2D eigenvalue weighted by Crippen LogP contribution is 2.11. The minimum atomic E-state index is -0.615. The molecule has 2 aromatic heterocycles. The summed E-state index contributed by atoms with van der Waals surface area (Å²) in [6, 6.07) is 0. The first-order valence-electron chi connectivity index (χ1n) is 9.99. The molecule has 1 aliphatic rings. The Morgan fingerprint density at radius 2 is 2.03 bits per heavy atom. The van der Waals surface area contributed by atoms with Gasteiger partial charge in [0.15, 0.2) is 5.65 Å². The highest BCUT2D eigenvalue weighted by molar-refractivity contribution is 6.04. The van der Waals surface area contributed by atoms with Crippen molar-refractivity contribution in [3.05, 3.63) is 41.0 Å². The van der Waals surface area contributed by atoms with Gasteiger partial charge in [-0.1, -0.05) is 20.4 Å². The number of nitrogens with two attached hydrogens (primary N) is 1. The Bertz CT molecular complexity index is 870. The monoisotopic (exact) mass is 420 g/mol. The number of piperidine rings is 1. The van der Waals surface area contributed by atoms with Crippen molar-refractivity contribution in [3.63, 3.8) is 0 Å². The summed E-state index contributed by atoms with van der Waals surface area (Å²) in [6.07, 6.45) is 6.95. The second-order valence-electron chi connectivity index (χ2n) is 6.30. The third-order valence-corrected chi connectivity index (χ3v) is 4.17. The van der Waals surface area contributed by atoms with Crippen LogP contribution in [0.2, 0.25) is 0 Å². The number of carbonyl (C=O) groups excluding carboxylic acids is 2. The minimum absolute atomic E-state index is 0.0831. The SMILES string of the molecule is C=CC(=O)N1CCCCC1.CC.COCC(N)NC(=O)c1c[nH]c2ncc(=O)[nH]c12. The molecule has 30 heavy (non-hydrogen) atoms. The lowest BCUT2D eigenvalue weighted by atomic mass is 10.1. The maximum atomic E-state index is 11.9. The largest absolute Gasteiger partial charge is 0.381 e. The smallest absolute Gasteiger partial charge is 0.267 e. The van der Waals surface area contributed by atoms with Crippen molar-refractivity contribution in [2.45, 2.75) is 39.3 Å². The minimum Gasteiger partial charge on any atom is -0.381 e. The molecule has 0 radical (unpaired) electrons. The van der Waals surface area contributed by atoms with E-state index >= 15 is 0 Å². The number of rotatable bonds is 5. The number of nitrogens with zero attached hydrogens (tertiary/aromatic N) is 2. The first kappa shape index (κ1) is 25.1. The van der Waals surface area contributed by atoms with Crippen molar-refractivity contribution >= 4 is 23.0 Å². The molecule has 1 atom stereocenters. The van der Waals surface area contributed by atoms with Crippen LogP contribution in [0.3, 0.4) is 0 Å². The molecule has 0 saturated carbocycles. The van der Waals surface area contributed by atoms with Gasteiger partial charge >= 0.3 is 0 Å². The van der Waals surface area contributed by atoms with Crippen LogP contribution in [0.15, 0.2) is 29.8 Å². The molecule has 1 aliphatic heterocycles. The van der Waals surface area contributed by atoms with Crippen LogP contribution in [0.1, 0.15) is 43.5 Å². The van der Waals surface area contributed by atoms with E-state index in [2.05, 4.69) is 26.8 Å². The molecule has 0 aliphatic carbocycles. The Morgan fingerprint density at radius 1 is 1.37 bits per heavy atom. The summed E-state index contributed by atoms with van der Waals surface area (Å²) in [4.78, 5) is 45.1. The lowest BCUT2D eigenvalue weighted by Gasteiger charge is -2.25. The fourth-order valence-corrected chi connectivity index (χ4v) is 2.81. The summed E-state index contributed by atoms with van der Waals surface area (Å²) in [5, 5.41) is 2.54. The van der Waals surface area contributed by atoms with E-state index in [0.717, 1.165) is 32.1 Å². The molecule has 3 rings (SSSR count). The molecule has 3 heterocycles. The molecular weight excluding hydrogens is 388 g/mol. The lowest BCUT2D eigenvalue weighted by Crippen LogP contribution is -2.44. The van der Waals surface area contributed by atoms with Crippen molar-refractivity contribution < 1.29 is 14.3 Å². The van der Waals surface area contributed by atoms with Gasteiger partial charge in [0.1, 0.15) is 6.17 Å². The van der Waals surface area contributed by atoms with E-state index in [1.54, 1.807) is 0 Å². The fourth-order valence-electron chi connectivity index (χ4n) is 2.81. The van der Waals surface area contributed by atoms with Gasteiger partial charge in [0.25, 0.3) is 11.5 Å². The zero-order chi connectivity index (χ0) is 22.5. The standard InChI is InChI=1S/C10H13N5O3.C8H13NO.C2H6/c1-18-4-6(11)14-10(17)5-2-12-9-8(5)15-7(16)3-13-9;1-2-8(10)9-6-4-3-5-7-9;1-2/h2-3,6H,4,11H2,1H3,(H,12,13)(H,14,17)(H,15,16);2H,1,3-7H2;1-2H3. The summed E-state index contributed by atoms with van der Waals surface area (Å²) in [6.45, 7) is 9.48. The normalized spacial score (nSPS) is 13.9. The van der Waals surface area contributed by atoms with E-state index in [4.69, 9.17) is 10.5 Å². The average Bonchev–Trinajstić information content (AvgIpc) is 3.19. The maximum Gasteiger partial charge on any atom is 0.267 e. The third-order valence-electron chi connectivity index (χ3n) is 4.17. The van der Waals surface area contributed by atoms with Crippen molar-refractivity contribution in [1.82, 2.24) is 25.2 Å². The molecule has 10 nitrogen and oxygen atoms in total. The van der Waals surface area contributed by atoms with Crippen molar-refractivity contribution in [1.29, 1.82) is 0 Å². The zero-order valence-electron chi connectivity index (χ0n) is 17.9. The van der Waals surface area contributed by atoms with Gasteiger partial charge in [0.2, 0.25) is 5.91 Å². The molecule has 10 heteroatoms. The van der Waals surface area contributed by atoms with Crippen molar-refractivity contribution in [2.75, 3.05) is 26.8 Å². The average molecular weight is 421 g/mol. The number of hydrogen-bond donors (Lipinski definition) is 4. The number of aromatic nitrogens is 3. The number of methoxy groups -OCH3 is 1. The van der Waals surface area contributed by atoms with Crippen LogP contribution in [-0.2, 0) is 9.53 Å². The van der Waals surface area contributed by atoms with E-state index in [0.29, 0.717) is 11.2 Å². The van der Waals surface area contributed by atoms with E-state index in [1.807, 2.05) is 18.7 Å². The van der Waals surface area contributed by atoms with Crippen LogP contribution in [0.4, 0.5) is 0 Å². The first-order chi connectivity index (χ1) is 14.5. The predicted octanol–water partition coefficient (Wildman–Crippen LogP) is 1.12. The van der Waals surface area contributed by atoms with Crippen LogP contribution in [0.25, 0.3) is 11.2 Å². The summed E-state index contributed by atoms with van der Waals surface area (Å²) in [7, 11) is 1.49. The van der Waals surface area contributed by atoms with Gasteiger partial charge in [0, 0.05) is 26.4 Å². The topological polar surface area (TPSA) is 146 Å². The number of ether oxygens (including phenoxy) is 1. The molecule has 0 aromatic carbocycles. The molecule has 2 amide bonds. The predicted molar refractivity (Wildman–Crippen MR) is 116 cm³/mol. The molecule has 0 bridgehead atoms. The number of carbonyl (C=O) groups is 2. The number of H-pyrrole nitrogens is 2. The second-order valence-corrected chi connectivity index (χ2v) is 6.30. The van der Waals surface area contributed by atoms with Crippen LogP contribution in [-0.4, -0.2) is 64.6 Å². The Kier molecular flexibility index (Phi) is 11.1. The van der Waals surface area contributed by atoms with Gasteiger partial charge in [0.05, 0.1) is 23.9 Å². The second kappa shape index (κ2) is 13.3. The van der Waals surface area contributed by atoms with Crippen molar-refractivity contribution in [3.8, 4) is 0 Å². The van der Waals surface area contributed by atoms with Gasteiger partial charge in [-0.25, -0.2) is 4.98 Å². The molecule has 1 fully saturated rings. The first-order valence-corrected chi connectivity index (χ1v) is 9.99. The third kappa shape index (κ3) is 7.45. The number of hydrogen-bond acceptors (Lipinski definition) is 6. The molecule has 1 saturated heterocycles. The quantitative estimate of drug-likeness (QED) is 0.421. The van der Waals surface area contributed by atoms with Crippen LogP contribution < -0.4 is 16.6 Å². The number of likely N-dealkylation sites (tertiary alicyclic amines) is 1. The molecular formula is C20H32N6O4. The Morgan fingerprint density at radius 3 is 2.63 bits per heavy atom. The van der Waals surface area contributed by atoms with Gasteiger partial charge in [-0.2, -0.15) is 0 Å². The van der Waals surface area contributed by atoms with E-state index < -0.39 is 12.1 Å². The molecule has 166 valence electrons. The summed E-state index contributed by atoms with van der Waals surface area (Å²) < 4.78 is 4.81. The summed E-state index contributed by atoms with van der Waals surface area (Å²) in [5.41, 5.74) is 6.29. The van der Waals surface area contributed by atoms with E-state index in [9.17, 15) is 14.4 Å². The number of aromatic amines is 2. The molecule has 2 aromatic rings. The van der Waals surface area contributed by atoms with E-state index in [1.165, 1.54) is 25.8 Å². The Hall–Kier alpha value is -2.98. The van der Waals surface area contributed by atoms with E-state index in [-0.39, 0.29) is 23.6 Å². The fraction of sp³-hybridized carbons (Fsp3) is 0.500. The summed E-state index contributed by atoms with van der Waals surface area (Å²) in [5.74, 6) is -0.325. The Balaban J connectivity index is 0.000000318. The van der Waals surface area contributed by atoms with Crippen LogP contribution in [0.5, 0.6) is 0 Å². The van der Waals surface area contributed by atoms with Gasteiger partial charge in [-0.3, -0.25) is 14.4 Å². The zero-order valence-corrected chi connectivity index (χ0v) is 17.9. The van der Waals surface area contributed by atoms with Gasteiger partial charge in [-0.15, -0.1) is 0 Å². The molecule has 5 N–H and O–H groups in total. The number of nitrogens with one attached hydrogen (secondary N) is 3. The molecule has 1 unspecified atom stereocenters. The maximum absolute atomic E-state index is 11.9. The van der Waals surface area contributed by atoms with Gasteiger partial charge in [-0.05, 0) is 25.3 Å². The van der Waals surface area contributed by atoms with Crippen molar-refractivity contribution in [2.24, 2.45) is 5.73 Å². The summed E-state index contributed by atoms with van der Waals surface area (Å²) >= 11 is 0. The van der Waals surface area contributed by atoms with Gasteiger partial charge < -0.3 is 30.7 Å². The lowest BCUT2D eigenvalue weighted by molar-refractivity contribution is -0.126. The Labute approximate surface area is 175 Å². The highest BCUT2D eigenvalue weighted by Gasteiger charge is 2.15. The highest BCUT2D eigenvalue weighted by atomic mass is 16.5. The molecule has 0 spiro atoms.